The van der Waals surface area contributed by atoms with Gasteiger partial charge in [0.2, 0.25) is 0 Å². The predicted molar refractivity (Wildman–Crippen MR) is 88.7 cm³/mol. The molecule has 1 heterocycles. The second-order valence-electron chi connectivity index (χ2n) is 4.98. The van der Waals surface area contributed by atoms with E-state index in [-0.39, 0.29) is 6.04 Å². The van der Waals surface area contributed by atoms with Gasteiger partial charge in [-0.1, -0.05) is 19.1 Å². The fraction of sp³-hybridized carbons (Fsp3) is 0.500. The molecule has 0 bridgehead atoms. The van der Waals surface area contributed by atoms with Crippen LogP contribution in [0.15, 0.2) is 35.5 Å². The van der Waals surface area contributed by atoms with Crippen molar-refractivity contribution >= 4 is 11.8 Å². The van der Waals surface area contributed by atoms with Crippen molar-refractivity contribution in [3.63, 3.8) is 0 Å². The van der Waals surface area contributed by atoms with E-state index in [1.807, 2.05) is 4.68 Å². The summed E-state index contributed by atoms with van der Waals surface area (Å²) in [6.45, 7) is 6.16. The zero-order valence-electron chi connectivity index (χ0n) is 13.0. The first-order chi connectivity index (χ1) is 10.3. The summed E-state index contributed by atoms with van der Waals surface area (Å²) in [5, 5.41) is 7.89. The van der Waals surface area contributed by atoms with Crippen LogP contribution in [0, 0.1) is 0 Å². The van der Waals surface area contributed by atoms with E-state index in [4.69, 9.17) is 0 Å². The lowest BCUT2D eigenvalue weighted by Crippen LogP contribution is -2.25. The van der Waals surface area contributed by atoms with Crippen LogP contribution in [0.3, 0.4) is 0 Å². The maximum Gasteiger partial charge on any atom is 0.138 e. The van der Waals surface area contributed by atoms with Gasteiger partial charge in [0, 0.05) is 23.9 Å². The lowest BCUT2D eigenvalue weighted by Gasteiger charge is -2.19. The Morgan fingerprint density at radius 3 is 2.62 bits per heavy atom. The lowest BCUT2D eigenvalue weighted by molar-refractivity contribution is 0.496. The van der Waals surface area contributed by atoms with Crippen LogP contribution in [0.1, 0.15) is 37.7 Å². The Morgan fingerprint density at radius 2 is 2.00 bits per heavy atom. The number of nitrogens with zero attached hydrogens (tertiary/aromatic N) is 3. The Labute approximate surface area is 131 Å². The van der Waals surface area contributed by atoms with Crippen LogP contribution in [0.5, 0.6) is 0 Å². The van der Waals surface area contributed by atoms with E-state index in [1.165, 1.54) is 10.5 Å². The van der Waals surface area contributed by atoms with E-state index < -0.39 is 0 Å². The van der Waals surface area contributed by atoms with E-state index in [0.717, 1.165) is 31.8 Å². The van der Waals surface area contributed by atoms with Crippen molar-refractivity contribution in [1.29, 1.82) is 0 Å². The summed E-state index contributed by atoms with van der Waals surface area (Å²) in [6, 6.07) is 9.09. The summed E-state index contributed by atoms with van der Waals surface area (Å²) < 4.78 is 1.97. The van der Waals surface area contributed by atoms with Crippen LogP contribution in [0.4, 0.5) is 0 Å². The van der Waals surface area contributed by atoms with E-state index >= 15 is 0 Å². The quantitative estimate of drug-likeness (QED) is 0.760. The third kappa shape index (κ3) is 4.32. The Balaban J connectivity index is 2.16. The Morgan fingerprint density at radius 1 is 1.24 bits per heavy atom. The molecule has 1 aromatic heterocycles. The third-order valence-electron chi connectivity index (χ3n) is 3.54. The molecule has 0 fully saturated rings. The average Bonchev–Trinajstić information content (AvgIpc) is 2.98. The highest BCUT2D eigenvalue weighted by atomic mass is 32.2. The Kier molecular flexibility index (Phi) is 6.26. The maximum atomic E-state index is 4.40. The van der Waals surface area contributed by atoms with Crippen molar-refractivity contribution in [2.45, 2.75) is 44.2 Å². The molecule has 2 rings (SSSR count). The molecule has 4 nitrogen and oxygen atoms in total. The summed E-state index contributed by atoms with van der Waals surface area (Å²) in [4.78, 5) is 5.70. The van der Waals surface area contributed by atoms with Gasteiger partial charge >= 0.3 is 0 Å². The number of hydrogen-bond acceptors (Lipinski definition) is 4. The van der Waals surface area contributed by atoms with Gasteiger partial charge in [-0.05, 0) is 43.8 Å². The fourth-order valence-electron chi connectivity index (χ4n) is 2.36. The fourth-order valence-corrected chi connectivity index (χ4v) is 2.76. The molecule has 1 N–H and O–H groups in total. The van der Waals surface area contributed by atoms with Crippen LogP contribution >= 0.6 is 11.8 Å². The minimum atomic E-state index is 0.287. The van der Waals surface area contributed by atoms with Crippen molar-refractivity contribution in [3.05, 3.63) is 42.0 Å². The minimum absolute atomic E-state index is 0.287. The van der Waals surface area contributed by atoms with Gasteiger partial charge in [0.05, 0.1) is 0 Å². The molecule has 5 heteroatoms. The number of nitrogens with one attached hydrogen (secondary N) is 1. The van der Waals surface area contributed by atoms with Gasteiger partial charge in [0.25, 0.3) is 0 Å². The van der Waals surface area contributed by atoms with Crippen LogP contribution in [0.25, 0.3) is 0 Å². The van der Waals surface area contributed by atoms with E-state index in [9.17, 15) is 0 Å². The van der Waals surface area contributed by atoms with Gasteiger partial charge in [-0.3, -0.25) is 4.68 Å². The molecule has 0 radical (unpaired) electrons. The van der Waals surface area contributed by atoms with Crippen molar-refractivity contribution in [1.82, 2.24) is 20.1 Å². The Hall–Kier alpha value is -1.33. The molecule has 114 valence electrons. The van der Waals surface area contributed by atoms with Crippen LogP contribution in [0.2, 0.25) is 0 Å². The third-order valence-corrected chi connectivity index (χ3v) is 4.28. The summed E-state index contributed by atoms with van der Waals surface area (Å²) in [6.07, 6.45) is 5.74. The summed E-state index contributed by atoms with van der Waals surface area (Å²) in [5.74, 6) is 1.04. The molecule has 0 aliphatic carbocycles. The van der Waals surface area contributed by atoms with Crippen molar-refractivity contribution in [2.75, 3.05) is 12.8 Å². The first kappa shape index (κ1) is 16.0. The van der Waals surface area contributed by atoms with Crippen LogP contribution < -0.4 is 5.32 Å². The SMILES string of the molecule is CCCNC(Cc1ncnn1CC)c1ccc(SC)cc1. The minimum Gasteiger partial charge on any atom is -0.310 e. The molecule has 0 aliphatic heterocycles. The summed E-state index contributed by atoms with van der Waals surface area (Å²) in [7, 11) is 0. The first-order valence-electron chi connectivity index (χ1n) is 7.52. The van der Waals surface area contributed by atoms with E-state index in [2.05, 4.69) is 59.8 Å². The first-order valence-corrected chi connectivity index (χ1v) is 8.75. The predicted octanol–water partition coefficient (Wildman–Crippen LogP) is 3.30. The normalized spacial score (nSPS) is 12.5. The molecule has 0 spiro atoms. The molecular weight excluding hydrogens is 280 g/mol. The maximum absolute atomic E-state index is 4.40. The molecule has 1 atom stereocenters. The number of aromatic nitrogens is 3. The zero-order chi connectivity index (χ0) is 15.1. The second kappa shape index (κ2) is 8.20. The molecule has 2 aromatic rings. The van der Waals surface area contributed by atoms with Crippen molar-refractivity contribution in [2.24, 2.45) is 0 Å². The van der Waals surface area contributed by atoms with Crippen molar-refractivity contribution < 1.29 is 0 Å². The van der Waals surface area contributed by atoms with E-state index in [0.29, 0.717) is 0 Å². The molecule has 0 amide bonds. The largest absolute Gasteiger partial charge is 0.310 e. The highest BCUT2D eigenvalue weighted by molar-refractivity contribution is 7.98. The molecule has 1 unspecified atom stereocenters. The number of aryl methyl sites for hydroxylation is 1. The lowest BCUT2D eigenvalue weighted by atomic mass is 10.0. The average molecular weight is 304 g/mol. The molecule has 0 saturated heterocycles. The van der Waals surface area contributed by atoms with Gasteiger partial charge in [-0.15, -0.1) is 11.8 Å². The molecule has 0 saturated carbocycles. The van der Waals surface area contributed by atoms with Crippen LogP contribution in [-0.2, 0) is 13.0 Å². The smallest absolute Gasteiger partial charge is 0.138 e. The highest BCUT2D eigenvalue weighted by Crippen LogP contribution is 2.21. The van der Waals surface area contributed by atoms with E-state index in [1.54, 1.807) is 18.1 Å². The summed E-state index contributed by atoms with van der Waals surface area (Å²) >= 11 is 1.77. The molecule has 21 heavy (non-hydrogen) atoms. The number of rotatable bonds is 8. The number of thioether (sulfide) groups is 1. The molecule has 1 aromatic carbocycles. The summed E-state index contributed by atoms with van der Waals surface area (Å²) in [5.41, 5.74) is 1.31. The topological polar surface area (TPSA) is 42.7 Å². The van der Waals surface area contributed by atoms with Crippen molar-refractivity contribution in [3.8, 4) is 0 Å². The Bertz CT molecular complexity index is 535. The standard InChI is InChI=1S/C16H24N4S/c1-4-10-17-15(11-16-18-12-19-20(16)5-2)13-6-8-14(21-3)9-7-13/h6-9,12,15,17H,4-5,10-11H2,1-3H3. The highest BCUT2D eigenvalue weighted by Gasteiger charge is 2.15. The molecular formula is C16H24N4S. The number of hydrogen-bond donors (Lipinski definition) is 1. The van der Waals surface area contributed by atoms with Gasteiger partial charge in [0.1, 0.15) is 12.2 Å². The monoisotopic (exact) mass is 304 g/mol. The van der Waals surface area contributed by atoms with Gasteiger partial charge in [-0.2, -0.15) is 5.10 Å². The number of benzene rings is 1. The second-order valence-corrected chi connectivity index (χ2v) is 5.86. The van der Waals surface area contributed by atoms with Gasteiger partial charge in [-0.25, -0.2) is 4.98 Å². The zero-order valence-corrected chi connectivity index (χ0v) is 13.9. The van der Waals surface area contributed by atoms with Gasteiger partial charge < -0.3 is 5.32 Å². The molecule has 0 aliphatic rings. The van der Waals surface area contributed by atoms with Gasteiger partial charge in [0.15, 0.2) is 0 Å². The van der Waals surface area contributed by atoms with Crippen LogP contribution in [-0.4, -0.2) is 27.6 Å².